The molecule has 138 valence electrons. The van der Waals surface area contributed by atoms with E-state index in [1.165, 1.54) is 32.1 Å². The summed E-state index contributed by atoms with van der Waals surface area (Å²) in [6.07, 6.45) is 9.01. The Bertz CT molecular complexity index is 563. The van der Waals surface area contributed by atoms with Crippen molar-refractivity contribution in [2.45, 2.75) is 63.9 Å². The Morgan fingerprint density at radius 1 is 1.08 bits per heavy atom. The first-order valence-electron chi connectivity index (χ1n) is 10.0. The minimum absolute atomic E-state index is 0.334. The quantitative estimate of drug-likeness (QED) is 0.561. The van der Waals surface area contributed by atoms with Gasteiger partial charge in [-0.1, -0.05) is 68.9 Å². The third-order valence-corrected chi connectivity index (χ3v) is 5.66. The van der Waals surface area contributed by atoms with Crippen molar-refractivity contribution in [2.75, 3.05) is 27.2 Å². The Balaban J connectivity index is 2.08. The van der Waals surface area contributed by atoms with E-state index in [9.17, 15) is 5.11 Å². The number of rotatable bonds is 7. The molecule has 0 radical (unpaired) electrons. The van der Waals surface area contributed by atoms with Gasteiger partial charge in [-0.05, 0) is 36.7 Å². The first-order chi connectivity index (χ1) is 12.0. The highest BCUT2D eigenvalue weighted by molar-refractivity contribution is 5.26. The standard InChI is InChI=1S/C23H36NO/c1-4-5-19-24(2,3)20-13-12-18-23(25,21-14-8-6-9-15-21)22-16-10-7-11-17-22/h6,8-9,14-15,22,25H,4-5,7,10-11,16-20H2,1-3H3/q+1. The van der Waals surface area contributed by atoms with Gasteiger partial charge in [0.05, 0.1) is 20.6 Å². The summed E-state index contributed by atoms with van der Waals surface area (Å²) in [5.41, 5.74) is 0.242. The van der Waals surface area contributed by atoms with Crippen molar-refractivity contribution in [1.29, 1.82) is 0 Å². The van der Waals surface area contributed by atoms with Crippen LogP contribution >= 0.6 is 0 Å². The zero-order valence-electron chi connectivity index (χ0n) is 16.4. The lowest BCUT2D eigenvalue weighted by Gasteiger charge is -2.38. The smallest absolute Gasteiger partial charge is 0.140 e. The monoisotopic (exact) mass is 342 g/mol. The van der Waals surface area contributed by atoms with Gasteiger partial charge in [0.25, 0.3) is 0 Å². The van der Waals surface area contributed by atoms with Crippen molar-refractivity contribution in [3.05, 3.63) is 35.9 Å². The van der Waals surface area contributed by atoms with Crippen molar-refractivity contribution >= 4 is 0 Å². The Hall–Kier alpha value is -1.30. The maximum atomic E-state index is 11.6. The maximum absolute atomic E-state index is 11.6. The minimum Gasteiger partial charge on any atom is -0.384 e. The van der Waals surface area contributed by atoms with E-state index in [0.29, 0.717) is 12.3 Å². The molecule has 0 bridgehead atoms. The van der Waals surface area contributed by atoms with Crippen LogP contribution in [0.5, 0.6) is 0 Å². The van der Waals surface area contributed by atoms with Gasteiger partial charge in [-0.2, -0.15) is 0 Å². The molecule has 0 amide bonds. The van der Waals surface area contributed by atoms with Crippen LogP contribution in [0.15, 0.2) is 30.3 Å². The number of hydrogen-bond donors (Lipinski definition) is 1. The molecule has 1 aromatic rings. The normalized spacial score (nSPS) is 18.2. The van der Waals surface area contributed by atoms with Crippen molar-refractivity contribution < 1.29 is 9.59 Å². The van der Waals surface area contributed by atoms with Gasteiger partial charge in [0, 0.05) is 6.42 Å². The molecular weight excluding hydrogens is 306 g/mol. The summed E-state index contributed by atoms with van der Waals surface area (Å²) < 4.78 is 0.939. The van der Waals surface area contributed by atoms with E-state index in [2.05, 4.69) is 45.0 Å². The van der Waals surface area contributed by atoms with Crippen molar-refractivity contribution in [3.63, 3.8) is 0 Å². The van der Waals surface area contributed by atoms with Gasteiger partial charge in [0.2, 0.25) is 0 Å². The molecule has 1 aromatic carbocycles. The maximum Gasteiger partial charge on any atom is 0.140 e. The zero-order chi connectivity index (χ0) is 18.2. The van der Waals surface area contributed by atoms with Crippen LogP contribution in [0.1, 0.15) is 63.9 Å². The van der Waals surface area contributed by atoms with E-state index in [0.717, 1.165) is 36.0 Å². The SMILES string of the molecule is CCCC[N+](C)(C)CC#CCC(O)(c1ccccc1)C1CCCCC1. The van der Waals surface area contributed by atoms with Crippen LogP contribution in [0.4, 0.5) is 0 Å². The Morgan fingerprint density at radius 3 is 2.40 bits per heavy atom. The number of benzene rings is 1. The zero-order valence-corrected chi connectivity index (χ0v) is 16.4. The summed E-state index contributed by atoms with van der Waals surface area (Å²) >= 11 is 0. The summed E-state index contributed by atoms with van der Waals surface area (Å²) in [6.45, 7) is 4.25. The second kappa shape index (κ2) is 9.41. The second-order valence-corrected chi connectivity index (χ2v) is 8.33. The first kappa shape index (κ1) is 20.0. The molecule has 1 fully saturated rings. The minimum atomic E-state index is -0.796. The number of aliphatic hydroxyl groups is 1. The fourth-order valence-corrected chi connectivity index (χ4v) is 3.92. The predicted molar refractivity (Wildman–Crippen MR) is 106 cm³/mol. The molecule has 0 aromatic heterocycles. The van der Waals surface area contributed by atoms with Crippen LogP contribution < -0.4 is 0 Å². The third-order valence-electron chi connectivity index (χ3n) is 5.66. The fraction of sp³-hybridized carbons (Fsp3) is 0.652. The van der Waals surface area contributed by atoms with Gasteiger partial charge in [0.15, 0.2) is 0 Å². The molecule has 1 saturated carbocycles. The lowest BCUT2D eigenvalue weighted by atomic mass is 9.72. The molecule has 1 aliphatic rings. The number of hydrogen-bond acceptors (Lipinski definition) is 1. The van der Waals surface area contributed by atoms with Crippen LogP contribution in [0.3, 0.4) is 0 Å². The summed E-state index contributed by atoms with van der Waals surface area (Å²) in [4.78, 5) is 0. The third kappa shape index (κ3) is 5.87. The molecule has 1 unspecified atom stereocenters. The molecule has 0 heterocycles. The molecule has 0 saturated heterocycles. The second-order valence-electron chi connectivity index (χ2n) is 8.33. The Morgan fingerprint density at radius 2 is 1.76 bits per heavy atom. The number of nitrogens with zero attached hydrogens (tertiary/aromatic N) is 1. The predicted octanol–water partition coefficient (Wildman–Crippen LogP) is 4.72. The molecular formula is C23H36NO+. The molecule has 1 N–H and O–H groups in total. The fourth-order valence-electron chi connectivity index (χ4n) is 3.92. The lowest BCUT2D eigenvalue weighted by molar-refractivity contribution is -0.883. The summed E-state index contributed by atoms with van der Waals surface area (Å²) in [7, 11) is 4.49. The lowest BCUT2D eigenvalue weighted by Crippen LogP contribution is -2.40. The van der Waals surface area contributed by atoms with E-state index in [1.807, 2.05) is 18.2 Å². The van der Waals surface area contributed by atoms with Gasteiger partial charge < -0.3 is 9.59 Å². The van der Waals surface area contributed by atoms with Gasteiger partial charge in [-0.15, -0.1) is 0 Å². The van der Waals surface area contributed by atoms with Gasteiger partial charge in [-0.25, -0.2) is 0 Å². The molecule has 1 aliphatic carbocycles. The molecule has 1 atom stereocenters. The molecule has 2 rings (SSSR count). The van der Waals surface area contributed by atoms with E-state index in [-0.39, 0.29) is 0 Å². The molecule has 0 spiro atoms. The van der Waals surface area contributed by atoms with Gasteiger partial charge >= 0.3 is 0 Å². The highest BCUT2D eigenvalue weighted by Gasteiger charge is 2.38. The average Bonchev–Trinajstić information content (AvgIpc) is 2.65. The van der Waals surface area contributed by atoms with Crippen molar-refractivity contribution in [3.8, 4) is 11.8 Å². The first-order valence-corrected chi connectivity index (χ1v) is 10.0. The number of quaternary nitrogens is 1. The van der Waals surface area contributed by atoms with E-state index in [1.54, 1.807) is 0 Å². The Kier molecular flexibility index (Phi) is 7.54. The molecule has 0 aliphatic heterocycles. The van der Waals surface area contributed by atoms with Gasteiger partial charge in [0.1, 0.15) is 12.1 Å². The topological polar surface area (TPSA) is 20.2 Å². The van der Waals surface area contributed by atoms with Crippen molar-refractivity contribution in [1.82, 2.24) is 0 Å². The molecule has 2 nitrogen and oxygen atoms in total. The van der Waals surface area contributed by atoms with Crippen molar-refractivity contribution in [2.24, 2.45) is 5.92 Å². The van der Waals surface area contributed by atoms with E-state index < -0.39 is 5.60 Å². The van der Waals surface area contributed by atoms with Crippen LogP contribution in [-0.2, 0) is 5.60 Å². The highest BCUT2D eigenvalue weighted by atomic mass is 16.3. The summed E-state index contributed by atoms with van der Waals surface area (Å²) in [5, 5.41) is 11.6. The van der Waals surface area contributed by atoms with E-state index >= 15 is 0 Å². The summed E-state index contributed by atoms with van der Waals surface area (Å²) in [5.74, 6) is 7.03. The number of unbranched alkanes of at least 4 members (excludes halogenated alkanes) is 1. The largest absolute Gasteiger partial charge is 0.384 e. The highest BCUT2D eigenvalue weighted by Crippen LogP contribution is 2.41. The van der Waals surface area contributed by atoms with Gasteiger partial charge in [-0.3, -0.25) is 0 Å². The molecule has 2 heteroatoms. The molecule has 25 heavy (non-hydrogen) atoms. The van der Waals surface area contributed by atoms with E-state index in [4.69, 9.17) is 0 Å². The summed E-state index contributed by atoms with van der Waals surface area (Å²) in [6, 6.07) is 10.2. The van der Waals surface area contributed by atoms with Crippen LogP contribution in [-0.4, -0.2) is 36.8 Å². The average molecular weight is 343 g/mol. The van der Waals surface area contributed by atoms with Crippen LogP contribution in [0.2, 0.25) is 0 Å². The van der Waals surface area contributed by atoms with Crippen LogP contribution in [0, 0.1) is 17.8 Å². The Labute approximate surface area is 154 Å². The van der Waals surface area contributed by atoms with Crippen LogP contribution in [0.25, 0.3) is 0 Å².